The van der Waals surface area contributed by atoms with Crippen LogP contribution < -0.4 is 10.5 Å². The van der Waals surface area contributed by atoms with Crippen LogP contribution in [0.5, 0.6) is 5.75 Å². The second-order valence-corrected chi connectivity index (χ2v) is 3.37. The number of rotatable bonds is 4. The Balaban J connectivity index is 2.90. The van der Waals surface area contributed by atoms with E-state index in [0.29, 0.717) is 12.0 Å². The average molecular weight is 249 g/mol. The maximum atomic E-state index is 13.3. The molecule has 0 radical (unpaired) electrons. The van der Waals surface area contributed by atoms with Crippen molar-refractivity contribution < 1.29 is 22.3 Å². The van der Waals surface area contributed by atoms with Gasteiger partial charge in [0, 0.05) is 6.04 Å². The van der Waals surface area contributed by atoms with E-state index in [4.69, 9.17) is 5.73 Å². The molecule has 1 aromatic carbocycles. The van der Waals surface area contributed by atoms with Crippen LogP contribution in [0.2, 0.25) is 0 Å². The highest BCUT2D eigenvalue weighted by Gasteiger charge is 2.32. The van der Waals surface area contributed by atoms with Crippen molar-refractivity contribution in [1.82, 2.24) is 0 Å². The van der Waals surface area contributed by atoms with Gasteiger partial charge in [-0.2, -0.15) is 0 Å². The first kappa shape index (κ1) is 13.5. The molecule has 2 nitrogen and oxygen atoms in total. The molecule has 0 unspecified atom stereocenters. The van der Waals surface area contributed by atoms with E-state index < -0.39 is 24.0 Å². The Morgan fingerprint density at radius 1 is 1.41 bits per heavy atom. The number of benzene rings is 1. The van der Waals surface area contributed by atoms with Gasteiger partial charge in [-0.15, -0.1) is 19.8 Å². The summed E-state index contributed by atoms with van der Waals surface area (Å²) in [4.78, 5) is 0. The molecule has 1 rings (SSSR count). The van der Waals surface area contributed by atoms with E-state index in [1.54, 1.807) is 6.08 Å². The van der Waals surface area contributed by atoms with E-state index >= 15 is 0 Å². The Bertz CT molecular complexity index is 403. The van der Waals surface area contributed by atoms with Gasteiger partial charge in [0.1, 0.15) is 0 Å². The Morgan fingerprint density at radius 2 is 2.06 bits per heavy atom. The fraction of sp³-hybridized carbons (Fsp3) is 0.273. The predicted octanol–water partition coefficient (Wildman–Crippen LogP) is 3.30. The third kappa shape index (κ3) is 4.07. The van der Waals surface area contributed by atoms with E-state index in [9.17, 15) is 17.6 Å². The number of alkyl halides is 3. The molecule has 1 atom stereocenters. The van der Waals surface area contributed by atoms with Crippen molar-refractivity contribution in [3.05, 3.63) is 42.2 Å². The molecule has 0 saturated heterocycles. The Kier molecular flexibility index (Phi) is 4.11. The van der Waals surface area contributed by atoms with Crippen LogP contribution in [0.15, 0.2) is 30.9 Å². The minimum Gasteiger partial charge on any atom is -0.403 e. The summed E-state index contributed by atoms with van der Waals surface area (Å²) in [6.07, 6.45) is -2.97. The minimum atomic E-state index is -4.91. The smallest absolute Gasteiger partial charge is 0.403 e. The Labute approximate surface area is 95.7 Å². The molecule has 0 amide bonds. The quantitative estimate of drug-likeness (QED) is 0.656. The number of hydrogen-bond donors (Lipinski definition) is 1. The van der Waals surface area contributed by atoms with Gasteiger partial charge in [0.05, 0.1) is 0 Å². The molecule has 0 aliphatic heterocycles. The molecule has 0 bridgehead atoms. The summed E-state index contributed by atoms with van der Waals surface area (Å²) in [7, 11) is 0. The lowest BCUT2D eigenvalue weighted by Crippen LogP contribution is -2.18. The first-order valence-electron chi connectivity index (χ1n) is 4.75. The molecule has 0 spiro atoms. The first-order valence-corrected chi connectivity index (χ1v) is 4.75. The summed E-state index contributed by atoms with van der Waals surface area (Å²) in [5, 5.41) is 0. The van der Waals surface area contributed by atoms with Crippen molar-refractivity contribution >= 4 is 0 Å². The summed E-state index contributed by atoms with van der Waals surface area (Å²) >= 11 is 0. The summed E-state index contributed by atoms with van der Waals surface area (Å²) in [5.74, 6) is -1.97. The molecule has 0 aromatic heterocycles. The molecule has 6 heteroatoms. The molecule has 94 valence electrons. The molecule has 0 aliphatic carbocycles. The van der Waals surface area contributed by atoms with Crippen molar-refractivity contribution in [3.63, 3.8) is 0 Å². The number of ether oxygens (including phenoxy) is 1. The minimum absolute atomic E-state index is 0.386. The lowest BCUT2D eigenvalue weighted by atomic mass is 10.0. The maximum absolute atomic E-state index is 13.3. The fourth-order valence-corrected chi connectivity index (χ4v) is 1.27. The lowest BCUT2D eigenvalue weighted by Gasteiger charge is -2.13. The summed E-state index contributed by atoms with van der Waals surface area (Å²) in [6.45, 7) is 3.47. The normalized spacial score (nSPS) is 13.2. The number of nitrogens with two attached hydrogens (primary N) is 1. The van der Waals surface area contributed by atoms with Crippen molar-refractivity contribution in [2.24, 2.45) is 5.73 Å². The van der Waals surface area contributed by atoms with E-state index in [-0.39, 0.29) is 0 Å². The van der Waals surface area contributed by atoms with Gasteiger partial charge >= 0.3 is 6.36 Å². The molecule has 1 aromatic rings. The van der Waals surface area contributed by atoms with Crippen LogP contribution in [0.25, 0.3) is 0 Å². The zero-order chi connectivity index (χ0) is 13.1. The predicted molar refractivity (Wildman–Crippen MR) is 54.8 cm³/mol. The maximum Gasteiger partial charge on any atom is 0.573 e. The van der Waals surface area contributed by atoms with Crippen LogP contribution in [-0.4, -0.2) is 6.36 Å². The van der Waals surface area contributed by atoms with Gasteiger partial charge in [-0.25, -0.2) is 4.39 Å². The fourth-order valence-electron chi connectivity index (χ4n) is 1.27. The van der Waals surface area contributed by atoms with E-state index in [1.165, 1.54) is 6.07 Å². The lowest BCUT2D eigenvalue weighted by molar-refractivity contribution is -0.275. The molecular weight excluding hydrogens is 238 g/mol. The summed E-state index contributed by atoms with van der Waals surface area (Å²) in [6, 6.07) is 2.62. The Morgan fingerprint density at radius 3 is 2.53 bits per heavy atom. The zero-order valence-electron chi connectivity index (χ0n) is 8.80. The highest BCUT2D eigenvalue weighted by atomic mass is 19.4. The molecule has 2 N–H and O–H groups in total. The first-order chi connectivity index (χ1) is 7.83. The van der Waals surface area contributed by atoms with E-state index in [2.05, 4.69) is 11.3 Å². The van der Waals surface area contributed by atoms with Gasteiger partial charge in [-0.3, -0.25) is 0 Å². The van der Waals surface area contributed by atoms with Crippen LogP contribution in [0.4, 0.5) is 17.6 Å². The zero-order valence-corrected chi connectivity index (χ0v) is 8.80. The second-order valence-electron chi connectivity index (χ2n) is 3.37. The van der Waals surface area contributed by atoms with E-state index in [0.717, 1.165) is 12.1 Å². The third-order valence-electron chi connectivity index (χ3n) is 2.03. The van der Waals surface area contributed by atoms with Crippen molar-refractivity contribution in [1.29, 1.82) is 0 Å². The molecular formula is C11H11F4NO. The van der Waals surface area contributed by atoms with Crippen molar-refractivity contribution in [2.45, 2.75) is 18.8 Å². The van der Waals surface area contributed by atoms with Crippen LogP contribution in [0, 0.1) is 5.82 Å². The molecule has 0 saturated carbocycles. The van der Waals surface area contributed by atoms with Crippen molar-refractivity contribution in [2.75, 3.05) is 0 Å². The van der Waals surface area contributed by atoms with Gasteiger partial charge < -0.3 is 10.5 Å². The number of hydrogen-bond acceptors (Lipinski definition) is 2. The SMILES string of the molecule is C=CC[C@H](N)c1ccc(OC(F)(F)F)c(F)c1. The van der Waals surface area contributed by atoms with Gasteiger partial charge in [0.15, 0.2) is 11.6 Å². The summed E-state index contributed by atoms with van der Waals surface area (Å²) < 4.78 is 52.4. The van der Waals surface area contributed by atoms with Gasteiger partial charge in [-0.05, 0) is 24.1 Å². The monoisotopic (exact) mass is 249 g/mol. The Hall–Kier alpha value is -1.56. The van der Waals surface area contributed by atoms with Crippen LogP contribution in [0.3, 0.4) is 0 Å². The topological polar surface area (TPSA) is 35.2 Å². The van der Waals surface area contributed by atoms with Crippen LogP contribution in [0.1, 0.15) is 18.0 Å². The van der Waals surface area contributed by atoms with Crippen LogP contribution >= 0.6 is 0 Å². The summed E-state index contributed by atoms with van der Waals surface area (Å²) in [5.41, 5.74) is 6.04. The number of halogens is 4. The largest absolute Gasteiger partial charge is 0.573 e. The second kappa shape index (κ2) is 5.18. The van der Waals surface area contributed by atoms with Crippen molar-refractivity contribution in [3.8, 4) is 5.75 Å². The van der Waals surface area contributed by atoms with Gasteiger partial charge in [0.25, 0.3) is 0 Å². The molecule has 0 aliphatic rings. The van der Waals surface area contributed by atoms with Gasteiger partial charge in [0.2, 0.25) is 0 Å². The van der Waals surface area contributed by atoms with Crippen LogP contribution in [-0.2, 0) is 0 Å². The molecule has 0 heterocycles. The third-order valence-corrected chi connectivity index (χ3v) is 2.03. The standard InChI is InChI=1S/C11H11F4NO/c1-2-3-9(16)7-4-5-10(8(12)6-7)17-11(13,14)15/h2,4-6,9H,1,3,16H2/t9-/m0/s1. The van der Waals surface area contributed by atoms with E-state index in [1.807, 2.05) is 0 Å². The average Bonchev–Trinajstić information content (AvgIpc) is 2.19. The molecule has 17 heavy (non-hydrogen) atoms. The highest BCUT2D eigenvalue weighted by Crippen LogP contribution is 2.27. The molecule has 0 fully saturated rings. The highest BCUT2D eigenvalue weighted by molar-refractivity contribution is 5.31. The van der Waals surface area contributed by atoms with Gasteiger partial charge in [-0.1, -0.05) is 12.1 Å².